The second-order valence-corrected chi connectivity index (χ2v) is 5.21. The van der Waals surface area contributed by atoms with E-state index in [-0.39, 0.29) is 6.61 Å². The highest BCUT2D eigenvalue weighted by Gasteiger charge is 2.29. The molecule has 4 heteroatoms. The average Bonchev–Trinajstić information content (AvgIpc) is 2.26. The number of hydrogen-bond acceptors (Lipinski definition) is 3. The molecule has 0 saturated heterocycles. The van der Waals surface area contributed by atoms with Crippen molar-refractivity contribution in [3.05, 3.63) is 29.3 Å². The average molecular weight is 251 g/mol. The molecule has 0 aliphatic heterocycles. The van der Waals surface area contributed by atoms with Crippen LogP contribution in [0.3, 0.4) is 0 Å². The summed E-state index contributed by atoms with van der Waals surface area (Å²) < 4.78 is 5.60. The molecule has 1 atom stereocenters. The minimum Gasteiger partial charge on any atom is -0.491 e. The van der Waals surface area contributed by atoms with E-state index in [4.69, 9.17) is 15.6 Å². The lowest BCUT2D eigenvalue weighted by Gasteiger charge is -2.22. The first-order chi connectivity index (χ1) is 8.24. The summed E-state index contributed by atoms with van der Waals surface area (Å²) in [5.41, 5.74) is 6.40. The molecule has 0 radical (unpaired) electrons. The first kappa shape index (κ1) is 14.5. The van der Waals surface area contributed by atoms with Crippen molar-refractivity contribution in [1.29, 1.82) is 0 Å². The van der Waals surface area contributed by atoms with Crippen LogP contribution in [0.25, 0.3) is 0 Å². The van der Waals surface area contributed by atoms with E-state index in [1.165, 1.54) is 6.92 Å². The summed E-state index contributed by atoms with van der Waals surface area (Å²) in [6.07, 6.45) is 0. The van der Waals surface area contributed by atoms with Gasteiger partial charge in [-0.1, -0.05) is 26.0 Å². The van der Waals surface area contributed by atoms with E-state index in [1.54, 1.807) is 0 Å². The quantitative estimate of drug-likeness (QED) is 0.842. The molecule has 1 unspecified atom stereocenters. The number of rotatable bonds is 5. The normalized spacial score (nSPS) is 14.3. The van der Waals surface area contributed by atoms with Crippen molar-refractivity contribution in [3.8, 4) is 5.75 Å². The largest absolute Gasteiger partial charge is 0.491 e. The van der Waals surface area contributed by atoms with Gasteiger partial charge in [0.25, 0.3) is 0 Å². The number of carbonyl (C=O) groups is 1. The van der Waals surface area contributed by atoms with E-state index in [0.717, 1.165) is 11.1 Å². The molecule has 0 saturated carbocycles. The SMILES string of the molecule is Cc1ccc(C(C)C)c(OCC(C)(N)C(=O)O)c1. The summed E-state index contributed by atoms with van der Waals surface area (Å²) in [4.78, 5) is 10.9. The van der Waals surface area contributed by atoms with Gasteiger partial charge in [-0.05, 0) is 37.0 Å². The van der Waals surface area contributed by atoms with Crippen LogP contribution < -0.4 is 10.5 Å². The van der Waals surface area contributed by atoms with Gasteiger partial charge in [-0.2, -0.15) is 0 Å². The Hall–Kier alpha value is -1.55. The van der Waals surface area contributed by atoms with Gasteiger partial charge in [-0.25, -0.2) is 0 Å². The van der Waals surface area contributed by atoms with Crippen LogP contribution in [0, 0.1) is 6.92 Å². The van der Waals surface area contributed by atoms with Crippen molar-refractivity contribution >= 4 is 5.97 Å². The van der Waals surface area contributed by atoms with Crippen molar-refractivity contribution in [1.82, 2.24) is 0 Å². The third kappa shape index (κ3) is 3.47. The Morgan fingerprint density at radius 3 is 2.61 bits per heavy atom. The van der Waals surface area contributed by atoms with Crippen molar-refractivity contribution in [3.63, 3.8) is 0 Å². The molecule has 4 nitrogen and oxygen atoms in total. The summed E-state index contributed by atoms with van der Waals surface area (Å²) >= 11 is 0. The molecular formula is C14H21NO3. The van der Waals surface area contributed by atoms with Gasteiger partial charge in [0, 0.05) is 0 Å². The lowest BCUT2D eigenvalue weighted by molar-refractivity contribution is -0.143. The Kier molecular flexibility index (Phi) is 4.35. The molecule has 18 heavy (non-hydrogen) atoms. The highest BCUT2D eigenvalue weighted by atomic mass is 16.5. The number of aliphatic carboxylic acids is 1. The molecule has 3 N–H and O–H groups in total. The first-order valence-corrected chi connectivity index (χ1v) is 5.99. The second-order valence-electron chi connectivity index (χ2n) is 5.21. The molecule has 1 aromatic carbocycles. The number of hydrogen-bond donors (Lipinski definition) is 2. The predicted octanol–water partition coefficient (Wildman–Crippen LogP) is 2.30. The number of ether oxygens (including phenoxy) is 1. The van der Waals surface area contributed by atoms with Crippen molar-refractivity contribution in [2.24, 2.45) is 5.73 Å². The molecule has 0 amide bonds. The molecule has 0 aromatic heterocycles. The van der Waals surface area contributed by atoms with Crippen LogP contribution in [0.2, 0.25) is 0 Å². The number of aryl methyl sites for hydroxylation is 1. The highest BCUT2D eigenvalue weighted by molar-refractivity contribution is 5.78. The molecular weight excluding hydrogens is 230 g/mol. The van der Waals surface area contributed by atoms with Gasteiger partial charge in [0.2, 0.25) is 0 Å². The van der Waals surface area contributed by atoms with E-state index in [1.807, 2.05) is 25.1 Å². The van der Waals surface area contributed by atoms with Crippen LogP contribution in [-0.4, -0.2) is 23.2 Å². The number of nitrogens with two attached hydrogens (primary N) is 1. The minimum absolute atomic E-state index is 0.0501. The maximum absolute atomic E-state index is 10.9. The number of benzene rings is 1. The van der Waals surface area contributed by atoms with Gasteiger partial charge in [-0.3, -0.25) is 4.79 Å². The minimum atomic E-state index is -1.38. The summed E-state index contributed by atoms with van der Waals surface area (Å²) in [5, 5.41) is 8.95. The lowest BCUT2D eigenvalue weighted by Crippen LogP contribution is -2.50. The topological polar surface area (TPSA) is 72.5 Å². The van der Waals surface area contributed by atoms with Gasteiger partial charge in [-0.15, -0.1) is 0 Å². The fraction of sp³-hybridized carbons (Fsp3) is 0.500. The predicted molar refractivity (Wildman–Crippen MR) is 71.0 cm³/mol. The van der Waals surface area contributed by atoms with Crippen LogP contribution in [0.5, 0.6) is 5.75 Å². The third-order valence-corrected chi connectivity index (χ3v) is 2.81. The van der Waals surface area contributed by atoms with Gasteiger partial charge in [0.1, 0.15) is 17.9 Å². The third-order valence-electron chi connectivity index (χ3n) is 2.81. The van der Waals surface area contributed by atoms with E-state index in [0.29, 0.717) is 11.7 Å². The molecule has 0 aliphatic carbocycles. The van der Waals surface area contributed by atoms with E-state index < -0.39 is 11.5 Å². The molecule has 0 aliphatic rings. The van der Waals surface area contributed by atoms with Crippen molar-refractivity contribution in [2.45, 2.75) is 39.2 Å². The Morgan fingerprint density at radius 2 is 2.11 bits per heavy atom. The molecule has 0 bridgehead atoms. The fourth-order valence-electron chi connectivity index (χ4n) is 1.53. The smallest absolute Gasteiger partial charge is 0.326 e. The molecule has 1 rings (SSSR count). The molecule has 1 aromatic rings. The standard InChI is InChI=1S/C14H21NO3/c1-9(2)11-6-5-10(3)7-12(11)18-8-14(4,15)13(16)17/h5-7,9H,8,15H2,1-4H3,(H,16,17). The van der Waals surface area contributed by atoms with Crippen LogP contribution in [-0.2, 0) is 4.79 Å². The molecule has 0 spiro atoms. The lowest BCUT2D eigenvalue weighted by atomic mass is 10.0. The van der Waals surface area contributed by atoms with Crippen LogP contribution in [0.15, 0.2) is 18.2 Å². The summed E-state index contributed by atoms with van der Waals surface area (Å²) in [6.45, 7) is 7.49. The zero-order chi connectivity index (χ0) is 13.9. The van der Waals surface area contributed by atoms with Crippen LogP contribution >= 0.6 is 0 Å². The maximum atomic E-state index is 10.9. The maximum Gasteiger partial charge on any atom is 0.326 e. The fourth-order valence-corrected chi connectivity index (χ4v) is 1.53. The molecule has 0 heterocycles. The molecule has 100 valence electrons. The van der Waals surface area contributed by atoms with Gasteiger partial charge in [0.05, 0.1) is 0 Å². The van der Waals surface area contributed by atoms with Gasteiger partial charge >= 0.3 is 5.97 Å². The Balaban J connectivity index is 2.90. The van der Waals surface area contributed by atoms with Crippen molar-refractivity contribution in [2.75, 3.05) is 6.61 Å². The van der Waals surface area contributed by atoms with E-state index in [2.05, 4.69) is 13.8 Å². The first-order valence-electron chi connectivity index (χ1n) is 5.99. The number of carboxylic acid groups (broad SMARTS) is 1. The Labute approximate surface area is 108 Å². The number of carboxylic acids is 1. The Bertz CT molecular complexity index is 439. The van der Waals surface area contributed by atoms with Gasteiger partial charge < -0.3 is 15.6 Å². The van der Waals surface area contributed by atoms with Crippen LogP contribution in [0.1, 0.15) is 37.8 Å². The van der Waals surface area contributed by atoms with E-state index in [9.17, 15) is 4.79 Å². The molecule has 0 fully saturated rings. The Morgan fingerprint density at radius 1 is 1.50 bits per heavy atom. The zero-order valence-corrected chi connectivity index (χ0v) is 11.4. The summed E-state index contributed by atoms with van der Waals surface area (Å²) in [7, 11) is 0. The van der Waals surface area contributed by atoms with Crippen molar-refractivity contribution < 1.29 is 14.6 Å². The summed E-state index contributed by atoms with van der Waals surface area (Å²) in [6, 6.07) is 5.93. The van der Waals surface area contributed by atoms with Gasteiger partial charge in [0.15, 0.2) is 0 Å². The highest BCUT2D eigenvalue weighted by Crippen LogP contribution is 2.27. The van der Waals surface area contributed by atoms with E-state index >= 15 is 0 Å². The van der Waals surface area contributed by atoms with Crippen LogP contribution in [0.4, 0.5) is 0 Å². The summed E-state index contributed by atoms with van der Waals surface area (Å²) in [5.74, 6) is -0.0429. The second kappa shape index (κ2) is 5.40. The monoisotopic (exact) mass is 251 g/mol. The zero-order valence-electron chi connectivity index (χ0n) is 11.4.